The summed E-state index contributed by atoms with van der Waals surface area (Å²) in [5.74, 6) is 0.0695. The third-order valence-corrected chi connectivity index (χ3v) is 6.16. The van der Waals surface area contributed by atoms with Gasteiger partial charge in [0.15, 0.2) is 5.76 Å². The van der Waals surface area contributed by atoms with Gasteiger partial charge in [0.1, 0.15) is 0 Å². The van der Waals surface area contributed by atoms with E-state index in [9.17, 15) is 9.59 Å². The van der Waals surface area contributed by atoms with Crippen molar-refractivity contribution < 1.29 is 14.0 Å². The molecule has 0 radical (unpaired) electrons. The third kappa shape index (κ3) is 4.43. The third-order valence-electron chi connectivity index (χ3n) is 5.86. The molecule has 7 heteroatoms. The zero-order valence-electron chi connectivity index (χ0n) is 17.8. The Morgan fingerprint density at radius 1 is 0.848 bits per heavy atom. The Morgan fingerprint density at radius 3 is 2.36 bits per heavy atom. The Hall–Kier alpha value is -3.77. The van der Waals surface area contributed by atoms with Gasteiger partial charge in [-0.3, -0.25) is 9.59 Å². The summed E-state index contributed by atoms with van der Waals surface area (Å²) in [7, 11) is 0. The summed E-state index contributed by atoms with van der Waals surface area (Å²) >= 11 is 6.56. The molecule has 0 aliphatic carbocycles. The van der Waals surface area contributed by atoms with Crippen LogP contribution in [0, 0.1) is 0 Å². The second kappa shape index (κ2) is 9.00. The molecule has 1 N–H and O–H groups in total. The molecule has 0 spiro atoms. The lowest BCUT2D eigenvalue weighted by Gasteiger charge is -2.36. The molecule has 33 heavy (non-hydrogen) atoms. The maximum Gasteiger partial charge on any atom is 0.289 e. The van der Waals surface area contributed by atoms with Crippen LogP contribution in [0.3, 0.4) is 0 Å². The Kier molecular flexibility index (Phi) is 5.75. The summed E-state index contributed by atoms with van der Waals surface area (Å²) in [6.07, 6.45) is 1.50. The fraction of sp³-hybridized carbons (Fsp3) is 0.154. The highest BCUT2D eigenvalue weighted by Gasteiger charge is 2.24. The molecule has 0 atom stereocenters. The maximum atomic E-state index is 12.7. The number of piperazine rings is 1. The molecule has 1 aliphatic rings. The molecule has 2 amide bonds. The molecular formula is C26H22ClN3O3. The van der Waals surface area contributed by atoms with Crippen LogP contribution in [-0.4, -0.2) is 42.9 Å². The van der Waals surface area contributed by atoms with Gasteiger partial charge in [0.05, 0.1) is 17.0 Å². The number of anilines is 2. The smallest absolute Gasteiger partial charge is 0.289 e. The Morgan fingerprint density at radius 2 is 1.64 bits per heavy atom. The van der Waals surface area contributed by atoms with Crippen LogP contribution in [0.4, 0.5) is 11.4 Å². The molecule has 1 saturated heterocycles. The van der Waals surface area contributed by atoms with Crippen LogP contribution in [0.1, 0.15) is 20.9 Å². The average Bonchev–Trinajstić information content (AvgIpc) is 3.39. The van der Waals surface area contributed by atoms with Crippen molar-refractivity contribution in [3.8, 4) is 0 Å². The number of amides is 2. The number of fused-ring (bicyclic) bond motifs is 1. The van der Waals surface area contributed by atoms with Crippen LogP contribution in [0.15, 0.2) is 83.5 Å². The van der Waals surface area contributed by atoms with Gasteiger partial charge >= 0.3 is 0 Å². The second-order valence-electron chi connectivity index (χ2n) is 7.94. The Bertz CT molecular complexity index is 1310. The van der Waals surface area contributed by atoms with Crippen molar-refractivity contribution in [1.29, 1.82) is 0 Å². The van der Waals surface area contributed by atoms with Gasteiger partial charge in [-0.2, -0.15) is 0 Å². The van der Waals surface area contributed by atoms with Crippen molar-refractivity contribution >= 4 is 45.6 Å². The fourth-order valence-electron chi connectivity index (χ4n) is 4.08. The molecule has 166 valence electrons. The summed E-state index contributed by atoms with van der Waals surface area (Å²) in [4.78, 5) is 29.1. The minimum Gasteiger partial charge on any atom is -0.459 e. The van der Waals surface area contributed by atoms with Crippen molar-refractivity contribution in [3.63, 3.8) is 0 Å². The van der Waals surface area contributed by atoms with Crippen LogP contribution in [0.25, 0.3) is 10.8 Å². The highest BCUT2D eigenvalue weighted by Crippen LogP contribution is 2.30. The number of carbonyl (C=O) groups excluding carboxylic acids is 2. The number of carbonyl (C=O) groups is 2. The fourth-order valence-corrected chi connectivity index (χ4v) is 4.38. The SMILES string of the molecule is O=C(Nc1ccc(N2CCN(C(=O)c3ccco3)CC2)c(Cl)c1)c1ccc2ccccc2c1. The van der Waals surface area contributed by atoms with Crippen molar-refractivity contribution in [2.45, 2.75) is 0 Å². The number of furan rings is 1. The van der Waals surface area contributed by atoms with Gasteiger partial charge in [0, 0.05) is 37.4 Å². The molecule has 6 nitrogen and oxygen atoms in total. The van der Waals surface area contributed by atoms with Gasteiger partial charge in [-0.15, -0.1) is 0 Å². The topological polar surface area (TPSA) is 65.8 Å². The van der Waals surface area contributed by atoms with Crippen LogP contribution in [0.5, 0.6) is 0 Å². The number of rotatable bonds is 4. The normalized spacial score (nSPS) is 13.8. The average molecular weight is 460 g/mol. The molecule has 1 fully saturated rings. The van der Waals surface area contributed by atoms with Gasteiger partial charge in [0.2, 0.25) is 0 Å². The van der Waals surface area contributed by atoms with Crippen molar-refractivity contribution in [1.82, 2.24) is 4.90 Å². The van der Waals surface area contributed by atoms with Crippen molar-refractivity contribution in [2.24, 2.45) is 0 Å². The predicted octanol–water partition coefficient (Wildman–Crippen LogP) is 5.30. The summed E-state index contributed by atoms with van der Waals surface area (Å²) in [5.41, 5.74) is 2.10. The monoisotopic (exact) mass is 459 g/mol. The second-order valence-corrected chi connectivity index (χ2v) is 8.35. The number of halogens is 1. The number of benzene rings is 3. The molecule has 0 unspecified atom stereocenters. The zero-order chi connectivity index (χ0) is 22.8. The van der Waals surface area contributed by atoms with E-state index in [-0.39, 0.29) is 11.8 Å². The first kappa shape index (κ1) is 21.1. The number of hydrogen-bond acceptors (Lipinski definition) is 4. The minimum absolute atomic E-state index is 0.0995. The van der Waals surface area contributed by atoms with E-state index in [0.29, 0.717) is 48.2 Å². The standard InChI is InChI=1S/C26H22ClN3O3/c27-22-17-21(28-25(31)20-8-7-18-4-1-2-5-19(18)16-20)9-10-23(22)29-11-13-30(14-12-29)26(32)24-6-3-15-33-24/h1-10,15-17H,11-14H2,(H,28,31). The van der Waals surface area contributed by atoms with Crippen LogP contribution in [-0.2, 0) is 0 Å². The van der Waals surface area contributed by atoms with Gasteiger partial charge < -0.3 is 19.5 Å². The first-order valence-corrected chi connectivity index (χ1v) is 11.1. The number of nitrogens with zero attached hydrogens (tertiary/aromatic N) is 2. The van der Waals surface area contributed by atoms with Crippen molar-refractivity contribution in [2.75, 3.05) is 36.4 Å². The van der Waals surface area contributed by atoms with E-state index in [2.05, 4.69) is 10.2 Å². The van der Waals surface area contributed by atoms with E-state index in [1.54, 1.807) is 23.1 Å². The zero-order valence-corrected chi connectivity index (χ0v) is 18.6. The van der Waals surface area contributed by atoms with E-state index in [4.69, 9.17) is 16.0 Å². The number of nitrogens with one attached hydrogen (secondary N) is 1. The van der Waals surface area contributed by atoms with Crippen molar-refractivity contribution in [3.05, 3.63) is 95.4 Å². The van der Waals surface area contributed by atoms with Gasteiger partial charge in [-0.1, -0.05) is 41.9 Å². The quantitative estimate of drug-likeness (QED) is 0.449. The van der Waals surface area contributed by atoms with E-state index in [1.165, 1.54) is 6.26 Å². The van der Waals surface area contributed by atoms with Gasteiger partial charge in [0.25, 0.3) is 11.8 Å². The highest BCUT2D eigenvalue weighted by atomic mass is 35.5. The largest absolute Gasteiger partial charge is 0.459 e. The molecular weight excluding hydrogens is 438 g/mol. The maximum absolute atomic E-state index is 12.7. The van der Waals surface area contributed by atoms with Crippen LogP contribution in [0.2, 0.25) is 5.02 Å². The Balaban J connectivity index is 1.24. The molecule has 3 aromatic carbocycles. The van der Waals surface area contributed by atoms with E-state index in [0.717, 1.165) is 16.5 Å². The van der Waals surface area contributed by atoms with Crippen LogP contribution >= 0.6 is 11.6 Å². The molecule has 1 aromatic heterocycles. The molecule has 2 heterocycles. The molecule has 0 bridgehead atoms. The lowest BCUT2D eigenvalue weighted by atomic mass is 10.1. The van der Waals surface area contributed by atoms with E-state index in [1.807, 2.05) is 54.6 Å². The highest BCUT2D eigenvalue weighted by molar-refractivity contribution is 6.33. The number of hydrogen-bond donors (Lipinski definition) is 1. The van der Waals surface area contributed by atoms with Gasteiger partial charge in [-0.25, -0.2) is 0 Å². The lowest BCUT2D eigenvalue weighted by Crippen LogP contribution is -2.48. The van der Waals surface area contributed by atoms with Crippen LogP contribution < -0.4 is 10.2 Å². The first-order valence-electron chi connectivity index (χ1n) is 10.8. The van der Waals surface area contributed by atoms with E-state index >= 15 is 0 Å². The first-order chi connectivity index (χ1) is 16.1. The minimum atomic E-state index is -0.186. The Labute approximate surface area is 196 Å². The molecule has 1 aliphatic heterocycles. The summed E-state index contributed by atoms with van der Waals surface area (Å²) < 4.78 is 5.22. The molecule has 5 rings (SSSR count). The summed E-state index contributed by atoms with van der Waals surface area (Å²) in [6.45, 7) is 2.48. The summed E-state index contributed by atoms with van der Waals surface area (Å²) in [5, 5.41) is 5.59. The lowest BCUT2D eigenvalue weighted by molar-refractivity contribution is 0.0714. The van der Waals surface area contributed by atoms with Gasteiger partial charge in [-0.05, 0) is 53.2 Å². The van der Waals surface area contributed by atoms with E-state index < -0.39 is 0 Å². The predicted molar refractivity (Wildman–Crippen MR) is 130 cm³/mol. The molecule has 4 aromatic rings. The summed E-state index contributed by atoms with van der Waals surface area (Å²) in [6, 6.07) is 22.5. The molecule has 0 saturated carbocycles.